The summed E-state index contributed by atoms with van der Waals surface area (Å²) in [6.45, 7) is 2.32. The van der Waals surface area contributed by atoms with Crippen LogP contribution in [0.3, 0.4) is 0 Å². The summed E-state index contributed by atoms with van der Waals surface area (Å²) in [5.41, 5.74) is 3.19. The van der Waals surface area contributed by atoms with Crippen molar-refractivity contribution in [2.45, 2.75) is 13.0 Å². The Kier molecular flexibility index (Phi) is 6.02. The zero-order valence-corrected chi connectivity index (χ0v) is 13.9. The van der Waals surface area contributed by atoms with E-state index in [9.17, 15) is 4.79 Å². The molecule has 0 aromatic heterocycles. The molecule has 0 aliphatic carbocycles. The highest BCUT2D eigenvalue weighted by molar-refractivity contribution is 5.95. The van der Waals surface area contributed by atoms with Crippen LogP contribution in [-0.4, -0.2) is 26.1 Å². The Morgan fingerprint density at radius 3 is 2.65 bits per heavy atom. The molecule has 1 N–H and O–H groups in total. The molecule has 1 heterocycles. The van der Waals surface area contributed by atoms with Crippen molar-refractivity contribution in [3.63, 3.8) is 0 Å². The molecule has 0 fully saturated rings. The third kappa shape index (κ3) is 4.03. The van der Waals surface area contributed by atoms with Gasteiger partial charge in [0.05, 0.1) is 13.5 Å². The zero-order chi connectivity index (χ0) is 15.4. The number of hydrogen-bond donors (Lipinski definition) is 1. The SMILES string of the molecule is COc1ccc(CC(=O)N2CCNCc3ccccc32)cc1.Cl. The van der Waals surface area contributed by atoms with Gasteiger partial charge in [0.25, 0.3) is 0 Å². The first-order valence-electron chi connectivity index (χ1n) is 7.50. The van der Waals surface area contributed by atoms with E-state index < -0.39 is 0 Å². The number of para-hydroxylation sites is 1. The highest BCUT2D eigenvalue weighted by Gasteiger charge is 2.20. The quantitative estimate of drug-likeness (QED) is 0.939. The fraction of sp³-hybridized carbons (Fsp3) is 0.278. The molecule has 0 atom stereocenters. The molecule has 3 rings (SSSR count). The van der Waals surface area contributed by atoms with Gasteiger partial charge in [0, 0.05) is 25.3 Å². The predicted molar refractivity (Wildman–Crippen MR) is 94.4 cm³/mol. The van der Waals surface area contributed by atoms with Gasteiger partial charge in [-0.05, 0) is 29.3 Å². The number of halogens is 1. The van der Waals surface area contributed by atoms with Crippen molar-refractivity contribution in [2.75, 3.05) is 25.1 Å². The Labute approximate surface area is 142 Å². The maximum atomic E-state index is 12.7. The van der Waals surface area contributed by atoms with Crippen molar-refractivity contribution in [3.8, 4) is 5.75 Å². The van der Waals surface area contributed by atoms with Crippen molar-refractivity contribution in [1.29, 1.82) is 0 Å². The van der Waals surface area contributed by atoms with Crippen LogP contribution < -0.4 is 15.0 Å². The standard InChI is InChI=1S/C18H20N2O2.ClH/c1-22-16-8-6-14(7-9-16)12-18(21)20-11-10-19-13-15-4-2-3-5-17(15)20;/h2-9,19H,10-13H2,1H3;1H. The topological polar surface area (TPSA) is 41.6 Å². The summed E-state index contributed by atoms with van der Waals surface area (Å²) < 4.78 is 5.15. The Hall–Kier alpha value is -2.04. The number of nitrogens with one attached hydrogen (secondary N) is 1. The second-order valence-electron chi connectivity index (χ2n) is 5.38. The molecule has 2 aromatic rings. The molecule has 4 nitrogen and oxygen atoms in total. The molecule has 23 heavy (non-hydrogen) atoms. The molecule has 1 aliphatic rings. The molecule has 5 heteroatoms. The Morgan fingerprint density at radius 2 is 1.91 bits per heavy atom. The molecule has 0 bridgehead atoms. The number of carbonyl (C=O) groups excluding carboxylic acids is 1. The van der Waals surface area contributed by atoms with E-state index in [2.05, 4.69) is 11.4 Å². The first-order chi connectivity index (χ1) is 10.8. The van der Waals surface area contributed by atoms with Crippen LogP contribution >= 0.6 is 12.4 Å². The summed E-state index contributed by atoms with van der Waals surface area (Å²) in [5.74, 6) is 0.932. The number of fused-ring (bicyclic) bond motifs is 1. The molecule has 2 aromatic carbocycles. The van der Waals surface area contributed by atoms with Gasteiger partial charge in [0.1, 0.15) is 5.75 Å². The van der Waals surface area contributed by atoms with Gasteiger partial charge in [-0.3, -0.25) is 4.79 Å². The molecular weight excluding hydrogens is 312 g/mol. The molecule has 122 valence electrons. The minimum Gasteiger partial charge on any atom is -0.497 e. The lowest BCUT2D eigenvalue weighted by Gasteiger charge is -2.22. The number of ether oxygens (including phenoxy) is 1. The second kappa shape index (κ2) is 7.99. The maximum Gasteiger partial charge on any atom is 0.231 e. The largest absolute Gasteiger partial charge is 0.497 e. The summed E-state index contributed by atoms with van der Waals surface area (Å²) in [6, 6.07) is 15.8. The van der Waals surface area contributed by atoms with Crippen LogP contribution in [0.4, 0.5) is 5.69 Å². The van der Waals surface area contributed by atoms with Crippen molar-refractivity contribution in [3.05, 3.63) is 59.7 Å². The van der Waals surface area contributed by atoms with E-state index in [4.69, 9.17) is 4.74 Å². The number of rotatable bonds is 3. The first-order valence-corrected chi connectivity index (χ1v) is 7.50. The lowest BCUT2D eigenvalue weighted by atomic mass is 10.1. The minimum absolute atomic E-state index is 0. The average Bonchev–Trinajstić information content (AvgIpc) is 2.78. The smallest absolute Gasteiger partial charge is 0.231 e. The monoisotopic (exact) mass is 332 g/mol. The van der Waals surface area contributed by atoms with Crippen molar-refractivity contribution < 1.29 is 9.53 Å². The van der Waals surface area contributed by atoms with Crippen LogP contribution in [0.5, 0.6) is 5.75 Å². The summed E-state index contributed by atoms with van der Waals surface area (Å²) >= 11 is 0. The second-order valence-corrected chi connectivity index (χ2v) is 5.38. The lowest BCUT2D eigenvalue weighted by Crippen LogP contribution is -2.35. The number of nitrogens with zero attached hydrogens (tertiary/aromatic N) is 1. The van der Waals surface area contributed by atoms with Crippen molar-refractivity contribution in [1.82, 2.24) is 5.32 Å². The average molecular weight is 333 g/mol. The van der Waals surface area contributed by atoms with Gasteiger partial charge < -0.3 is 15.0 Å². The van der Waals surface area contributed by atoms with Crippen molar-refractivity contribution >= 4 is 24.0 Å². The number of anilines is 1. The van der Waals surface area contributed by atoms with Crippen LogP contribution in [0, 0.1) is 0 Å². The third-order valence-electron chi connectivity index (χ3n) is 3.93. The third-order valence-corrected chi connectivity index (χ3v) is 3.93. The Balaban J connectivity index is 0.00000192. The van der Waals surface area contributed by atoms with E-state index in [0.29, 0.717) is 13.0 Å². The molecule has 0 saturated heterocycles. The number of benzene rings is 2. The normalized spacial score (nSPS) is 13.5. The van der Waals surface area contributed by atoms with Gasteiger partial charge in [-0.15, -0.1) is 12.4 Å². The van der Waals surface area contributed by atoms with Gasteiger partial charge in [0.15, 0.2) is 0 Å². The molecule has 0 saturated carbocycles. The summed E-state index contributed by atoms with van der Waals surface area (Å²) in [6.07, 6.45) is 0.401. The van der Waals surface area contributed by atoms with E-state index >= 15 is 0 Å². The zero-order valence-electron chi connectivity index (χ0n) is 13.1. The number of methoxy groups -OCH3 is 1. The summed E-state index contributed by atoms with van der Waals surface area (Å²) in [4.78, 5) is 14.6. The minimum atomic E-state index is 0. The van der Waals surface area contributed by atoms with Gasteiger partial charge in [-0.25, -0.2) is 0 Å². The van der Waals surface area contributed by atoms with E-state index in [1.54, 1.807) is 7.11 Å². The molecule has 0 unspecified atom stereocenters. The lowest BCUT2D eigenvalue weighted by molar-refractivity contribution is -0.118. The predicted octanol–water partition coefficient (Wildman–Crippen LogP) is 2.80. The molecule has 0 radical (unpaired) electrons. The van der Waals surface area contributed by atoms with Crippen LogP contribution in [0.25, 0.3) is 0 Å². The van der Waals surface area contributed by atoms with Gasteiger partial charge in [-0.1, -0.05) is 30.3 Å². The Morgan fingerprint density at radius 1 is 1.17 bits per heavy atom. The van der Waals surface area contributed by atoms with E-state index in [1.165, 1.54) is 5.56 Å². The van der Waals surface area contributed by atoms with E-state index in [1.807, 2.05) is 47.4 Å². The first kappa shape index (κ1) is 17.3. The van der Waals surface area contributed by atoms with E-state index in [-0.39, 0.29) is 18.3 Å². The summed E-state index contributed by atoms with van der Waals surface area (Å²) in [5, 5.41) is 3.36. The fourth-order valence-corrected chi connectivity index (χ4v) is 2.73. The molecule has 1 aliphatic heterocycles. The maximum absolute atomic E-state index is 12.7. The molecule has 1 amide bonds. The highest BCUT2D eigenvalue weighted by atomic mass is 35.5. The fourth-order valence-electron chi connectivity index (χ4n) is 2.73. The van der Waals surface area contributed by atoms with Crippen LogP contribution in [0.2, 0.25) is 0 Å². The molecular formula is C18H21ClN2O2. The number of amides is 1. The van der Waals surface area contributed by atoms with Crippen molar-refractivity contribution in [2.24, 2.45) is 0 Å². The number of carbonyl (C=O) groups is 1. The number of hydrogen-bond acceptors (Lipinski definition) is 3. The van der Waals surface area contributed by atoms with Crippen LogP contribution in [0.15, 0.2) is 48.5 Å². The summed E-state index contributed by atoms with van der Waals surface area (Å²) in [7, 11) is 1.64. The van der Waals surface area contributed by atoms with Crippen LogP contribution in [-0.2, 0) is 17.8 Å². The van der Waals surface area contributed by atoms with Crippen LogP contribution in [0.1, 0.15) is 11.1 Å². The van der Waals surface area contributed by atoms with Gasteiger partial charge >= 0.3 is 0 Å². The van der Waals surface area contributed by atoms with E-state index in [0.717, 1.165) is 30.1 Å². The molecule has 0 spiro atoms. The van der Waals surface area contributed by atoms with Gasteiger partial charge in [0.2, 0.25) is 5.91 Å². The van der Waals surface area contributed by atoms with Gasteiger partial charge in [-0.2, -0.15) is 0 Å². The highest BCUT2D eigenvalue weighted by Crippen LogP contribution is 2.23. The Bertz CT molecular complexity index is 658.